The van der Waals surface area contributed by atoms with Crippen LogP contribution in [0.3, 0.4) is 0 Å². The molecule has 1 aromatic heterocycles. The fraction of sp³-hybridized carbons (Fsp3) is 0.188. The fourth-order valence-electron chi connectivity index (χ4n) is 2.32. The normalized spacial score (nSPS) is 11.2. The lowest BCUT2D eigenvalue weighted by molar-refractivity contribution is 1.04. The highest BCUT2D eigenvalue weighted by molar-refractivity contribution is 9.10. The van der Waals surface area contributed by atoms with Crippen LogP contribution < -0.4 is 5.73 Å². The summed E-state index contributed by atoms with van der Waals surface area (Å²) in [4.78, 5) is 4.49. The molecule has 2 N–H and O–H groups in total. The molecule has 0 unspecified atom stereocenters. The molecule has 0 amide bonds. The van der Waals surface area contributed by atoms with Gasteiger partial charge in [-0.25, -0.2) is 4.98 Å². The second kappa shape index (κ2) is 5.04. The van der Waals surface area contributed by atoms with Gasteiger partial charge in [0.05, 0.1) is 11.0 Å². The van der Waals surface area contributed by atoms with Crippen molar-refractivity contribution in [1.29, 1.82) is 0 Å². The van der Waals surface area contributed by atoms with Crippen molar-refractivity contribution in [3.05, 3.63) is 57.8 Å². The zero-order valence-corrected chi connectivity index (χ0v) is 13.1. The van der Waals surface area contributed by atoms with Crippen molar-refractivity contribution in [3.63, 3.8) is 0 Å². The number of rotatable bonds is 2. The van der Waals surface area contributed by atoms with Gasteiger partial charge in [-0.2, -0.15) is 0 Å². The number of benzene rings is 2. The summed E-state index contributed by atoms with van der Waals surface area (Å²) in [6.07, 6.45) is 1.87. The molecule has 102 valence electrons. The van der Waals surface area contributed by atoms with Gasteiger partial charge in [0.25, 0.3) is 0 Å². The summed E-state index contributed by atoms with van der Waals surface area (Å²) in [6, 6.07) is 10.5. The zero-order valence-electron chi connectivity index (χ0n) is 11.5. The molecule has 0 saturated heterocycles. The fourth-order valence-corrected chi connectivity index (χ4v) is 2.85. The van der Waals surface area contributed by atoms with Crippen LogP contribution in [-0.2, 0) is 6.54 Å². The second-order valence-electron chi connectivity index (χ2n) is 5.02. The largest absolute Gasteiger partial charge is 0.326 e. The van der Waals surface area contributed by atoms with Gasteiger partial charge >= 0.3 is 0 Å². The Morgan fingerprint density at radius 2 is 1.90 bits per heavy atom. The molecule has 0 aliphatic heterocycles. The Labute approximate surface area is 126 Å². The molecule has 3 nitrogen and oxygen atoms in total. The molecule has 0 saturated carbocycles. The molecule has 0 bridgehead atoms. The zero-order chi connectivity index (χ0) is 14.3. The molecule has 3 rings (SSSR count). The lowest BCUT2D eigenvalue weighted by Crippen LogP contribution is -1.99. The molecule has 3 aromatic rings. The number of fused-ring (bicyclic) bond motifs is 1. The number of nitrogens with two attached hydrogens (primary N) is 1. The molecule has 20 heavy (non-hydrogen) atoms. The quantitative estimate of drug-likeness (QED) is 0.775. The highest BCUT2D eigenvalue weighted by atomic mass is 79.9. The monoisotopic (exact) mass is 329 g/mol. The van der Waals surface area contributed by atoms with E-state index in [1.54, 1.807) is 0 Å². The van der Waals surface area contributed by atoms with Crippen molar-refractivity contribution in [2.75, 3.05) is 0 Å². The third-order valence-corrected chi connectivity index (χ3v) is 4.44. The summed E-state index contributed by atoms with van der Waals surface area (Å²) in [7, 11) is 0. The van der Waals surface area contributed by atoms with E-state index in [2.05, 4.69) is 63.6 Å². The number of hydrogen-bond acceptors (Lipinski definition) is 2. The van der Waals surface area contributed by atoms with Gasteiger partial charge in [-0.15, -0.1) is 0 Å². The summed E-state index contributed by atoms with van der Waals surface area (Å²) >= 11 is 3.57. The number of aromatic nitrogens is 2. The molecule has 4 heteroatoms. The lowest BCUT2D eigenvalue weighted by Gasteiger charge is -2.08. The third-order valence-electron chi connectivity index (χ3n) is 3.70. The van der Waals surface area contributed by atoms with E-state index in [4.69, 9.17) is 5.73 Å². The number of imidazole rings is 1. The Balaban J connectivity index is 2.19. The van der Waals surface area contributed by atoms with Gasteiger partial charge in [0.2, 0.25) is 0 Å². The van der Waals surface area contributed by atoms with E-state index in [1.165, 1.54) is 11.1 Å². The maximum Gasteiger partial charge on any atom is 0.100 e. The molecule has 0 fully saturated rings. The minimum absolute atomic E-state index is 0.532. The Bertz CT molecular complexity index is 790. The van der Waals surface area contributed by atoms with Crippen molar-refractivity contribution in [1.82, 2.24) is 9.55 Å². The first-order valence-electron chi connectivity index (χ1n) is 6.53. The minimum atomic E-state index is 0.532. The van der Waals surface area contributed by atoms with Gasteiger partial charge in [0.1, 0.15) is 6.33 Å². The SMILES string of the molecule is Cc1cc2ncn(-c3ccc(CN)c(Br)c3)c2cc1C. The topological polar surface area (TPSA) is 43.8 Å². The summed E-state index contributed by atoms with van der Waals surface area (Å²) in [5.74, 6) is 0. The van der Waals surface area contributed by atoms with E-state index in [-0.39, 0.29) is 0 Å². The minimum Gasteiger partial charge on any atom is -0.326 e. The van der Waals surface area contributed by atoms with Gasteiger partial charge in [0.15, 0.2) is 0 Å². The molecule has 0 aliphatic carbocycles. The van der Waals surface area contributed by atoms with Gasteiger partial charge < -0.3 is 5.73 Å². The number of hydrogen-bond donors (Lipinski definition) is 1. The Hall–Kier alpha value is -1.65. The molecule has 2 aromatic carbocycles. The van der Waals surface area contributed by atoms with Crippen LogP contribution in [0, 0.1) is 13.8 Å². The van der Waals surface area contributed by atoms with Crippen LogP contribution in [0.25, 0.3) is 16.7 Å². The molecule has 1 heterocycles. The second-order valence-corrected chi connectivity index (χ2v) is 5.87. The average molecular weight is 330 g/mol. The summed E-state index contributed by atoms with van der Waals surface area (Å²) < 4.78 is 3.13. The standard InChI is InChI=1S/C16H16BrN3/c1-10-5-15-16(6-11(10)2)20(9-19-15)13-4-3-12(8-18)14(17)7-13/h3-7,9H,8,18H2,1-2H3. The average Bonchev–Trinajstić information content (AvgIpc) is 2.82. The van der Waals surface area contributed by atoms with Crippen molar-refractivity contribution < 1.29 is 0 Å². The maximum absolute atomic E-state index is 5.70. The Kier molecular flexibility index (Phi) is 3.36. The molecular weight excluding hydrogens is 314 g/mol. The number of halogens is 1. The van der Waals surface area contributed by atoms with E-state index in [1.807, 2.05) is 12.4 Å². The van der Waals surface area contributed by atoms with E-state index in [0.29, 0.717) is 6.54 Å². The Morgan fingerprint density at radius 1 is 1.15 bits per heavy atom. The van der Waals surface area contributed by atoms with Crippen LogP contribution in [0.2, 0.25) is 0 Å². The molecule has 0 radical (unpaired) electrons. The van der Waals surface area contributed by atoms with Crippen molar-refractivity contribution >= 4 is 27.0 Å². The highest BCUT2D eigenvalue weighted by Crippen LogP contribution is 2.25. The van der Waals surface area contributed by atoms with E-state index < -0.39 is 0 Å². The van der Waals surface area contributed by atoms with Crippen LogP contribution in [-0.4, -0.2) is 9.55 Å². The third kappa shape index (κ3) is 2.15. The van der Waals surface area contributed by atoms with Crippen LogP contribution >= 0.6 is 15.9 Å². The number of nitrogens with zero attached hydrogens (tertiary/aromatic N) is 2. The number of aryl methyl sites for hydroxylation is 2. The smallest absolute Gasteiger partial charge is 0.100 e. The van der Waals surface area contributed by atoms with E-state index in [0.717, 1.165) is 26.8 Å². The van der Waals surface area contributed by atoms with Crippen molar-refractivity contribution in [2.24, 2.45) is 5.73 Å². The lowest BCUT2D eigenvalue weighted by atomic mass is 10.1. The molecule has 0 spiro atoms. The van der Waals surface area contributed by atoms with Crippen LogP contribution in [0.15, 0.2) is 41.1 Å². The van der Waals surface area contributed by atoms with Crippen LogP contribution in [0.1, 0.15) is 16.7 Å². The highest BCUT2D eigenvalue weighted by Gasteiger charge is 2.08. The van der Waals surface area contributed by atoms with Gasteiger partial charge in [-0.3, -0.25) is 4.57 Å². The molecule has 0 atom stereocenters. The van der Waals surface area contributed by atoms with Gasteiger partial charge in [0, 0.05) is 16.7 Å². The summed E-state index contributed by atoms with van der Waals surface area (Å²) in [5, 5.41) is 0. The Morgan fingerprint density at radius 3 is 2.60 bits per heavy atom. The first-order valence-corrected chi connectivity index (χ1v) is 7.32. The molecular formula is C16H16BrN3. The van der Waals surface area contributed by atoms with Crippen molar-refractivity contribution in [3.8, 4) is 5.69 Å². The van der Waals surface area contributed by atoms with Crippen LogP contribution in [0.4, 0.5) is 0 Å². The predicted octanol–water partition coefficient (Wildman–Crippen LogP) is 3.86. The molecule has 0 aliphatic rings. The summed E-state index contributed by atoms with van der Waals surface area (Å²) in [5.41, 5.74) is 12.6. The first-order chi connectivity index (χ1) is 9.60. The first kappa shape index (κ1) is 13.3. The van der Waals surface area contributed by atoms with E-state index in [9.17, 15) is 0 Å². The van der Waals surface area contributed by atoms with E-state index >= 15 is 0 Å². The maximum atomic E-state index is 5.70. The predicted molar refractivity (Wildman–Crippen MR) is 86.1 cm³/mol. The van der Waals surface area contributed by atoms with Gasteiger partial charge in [-0.1, -0.05) is 22.0 Å². The van der Waals surface area contributed by atoms with Crippen LogP contribution in [0.5, 0.6) is 0 Å². The van der Waals surface area contributed by atoms with Gasteiger partial charge in [-0.05, 0) is 54.8 Å². The summed E-state index contributed by atoms with van der Waals surface area (Å²) in [6.45, 7) is 4.77. The van der Waals surface area contributed by atoms with Crippen molar-refractivity contribution in [2.45, 2.75) is 20.4 Å².